The van der Waals surface area contributed by atoms with Gasteiger partial charge in [-0.3, -0.25) is 9.59 Å². The number of halogens is 4. The zero-order chi connectivity index (χ0) is 20.1. The number of pyridine rings is 1. The predicted octanol–water partition coefficient (Wildman–Crippen LogP) is 4.56. The third-order valence-electron chi connectivity index (χ3n) is 4.78. The molecule has 0 spiro atoms. The van der Waals surface area contributed by atoms with Crippen molar-refractivity contribution in [3.05, 3.63) is 56.2 Å². The van der Waals surface area contributed by atoms with Crippen molar-refractivity contribution in [3.63, 3.8) is 0 Å². The molecule has 28 heavy (non-hydrogen) atoms. The summed E-state index contributed by atoms with van der Waals surface area (Å²) in [7, 11) is 0. The van der Waals surface area contributed by atoms with Gasteiger partial charge in [-0.15, -0.1) is 11.3 Å². The number of fused-ring (bicyclic) bond motifs is 1. The van der Waals surface area contributed by atoms with Crippen LogP contribution in [-0.2, 0) is 11.3 Å². The molecule has 1 fully saturated rings. The smallest absolute Gasteiger partial charge is 0.260 e. The van der Waals surface area contributed by atoms with Crippen LogP contribution in [0.1, 0.15) is 0 Å². The summed E-state index contributed by atoms with van der Waals surface area (Å²) in [5.41, 5.74) is -0.839. The quantitative estimate of drug-likeness (QED) is 0.594. The molecule has 0 bridgehead atoms. The van der Waals surface area contributed by atoms with Crippen molar-refractivity contribution >= 4 is 50.5 Å². The van der Waals surface area contributed by atoms with Gasteiger partial charge in [0.1, 0.15) is 13.2 Å². The molecule has 0 radical (unpaired) electrons. The Morgan fingerprint density at radius 2 is 1.96 bits per heavy atom. The van der Waals surface area contributed by atoms with Crippen molar-refractivity contribution in [1.82, 2.24) is 9.47 Å². The monoisotopic (exact) mass is 442 g/mol. The number of benzene rings is 1. The summed E-state index contributed by atoms with van der Waals surface area (Å²) in [6.45, 7) is -1.92. The molecule has 0 aliphatic carbocycles. The summed E-state index contributed by atoms with van der Waals surface area (Å²) in [6, 6.07) is 6.87. The van der Waals surface area contributed by atoms with E-state index < -0.39 is 18.3 Å². The van der Waals surface area contributed by atoms with Gasteiger partial charge in [0, 0.05) is 21.8 Å². The maximum Gasteiger partial charge on any atom is 0.260 e. The Kier molecular flexibility index (Phi) is 4.93. The Morgan fingerprint density at radius 3 is 2.64 bits per heavy atom. The first kappa shape index (κ1) is 19.4. The highest BCUT2D eigenvalue weighted by molar-refractivity contribution is 7.17. The van der Waals surface area contributed by atoms with Crippen molar-refractivity contribution in [2.24, 2.45) is 0 Å². The van der Waals surface area contributed by atoms with Crippen LogP contribution in [0.2, 0.25) is 10.0 Å². The third kappa shape index (κ3) is 3.32. The number of aromatic nitrogens is 1. The van der Waals surface area contributed by atoms with Crippen LogP contribution in [-0.4, -0.2) is 40.8 Å². The van der Waals surface area contributed by atoms with Gasteiger partial charge in [0.2, 0.25) is 5.91 Å². The molecule has 0 N–H and O–H groups in total. The number of amides is 1. The molecule has 0 unspecified atom stereocenters. The Hall–Kier alpha value is -1.96. The zero-order valence-corrected chi connectivity index (χ0v) is 16.8. The lowest BCUT2D eigenvalue weighted by molar-refractivity contribution is -0.147. The fourth-order valence-corrected chi connectivity index (χ4v) is 4.48. The SMILES string of the molecule is O=C(Cn1ccc2scc(-c3ccc(Cl)c(Cl)c3)c2c1=O)N1CC(F)(CF)C1. The van der Waals surface area contributed by atoms with E-state index in [-0.39, 0.29) is 25.2 Å². The number of likely N-dealkylation sites (tertiary alicyclic amines) is 1. The van der Waals surface area contributed by atoms with Gasteiger partial charge in [-0.1, -0.05) is 29.3 Å². The molecule has 3 aromatic rings. The number of hydrogen-bond donors (Lipinski definition) is 0. The normalized spacial score (nSPS) is 15.6. The van der Waals surface area contributed by atoms with Gasteiger partial charge in [0.05, 0.1) is 28.5 Å². The molecule has 1 aromatic carbocycles. The standard InChI is InChI=1S/C19H14Cl2F2N2O2S/c20-13-2-1-11(5-14(13)21)12-7-28-15-3-4-24(18(27)17(12)15)6-16(26)25-9-19(23,8-22)10-25/h1-5,7H,6,8-10H2. The number of alkyl halides is 2. The van der Waals surface area contributed by atoms with Crippen molar-refractivity contribution in [3.8, 4) is 11.1 Å². The first-order valence-electron chi connectivity index (χ1n) is 8.40. The van der Waals surface area contributed by atoms with Crippen molar-refractivity contribution in [1.29, 1.82) is 0 Å². The third-order valence-corrected chi connectivity index (χ3v) is 6.46. The number of nitrogens with zero attached hydrogens (tertiary/aromatic N) is 2. The van der Waals surface area contributed by atoms with E-state index in [0.717, 1.165) is 10.3 Å². The molecular weight excluding hydrogens is 429 g/mol. The highest BCUT2D eigenvalue weighted by Crippen LogP contribution is 2.35. The second kappa shape index (κ2) is 7.13. The number of rotatable bonds is 4. The average Bonchev–Trinajstić information content (AvgIpc) is 3.08. The molecule has 0 saturated carbocycles. The second-order valence-corrected chi connectivity index (χ2v) is 8.53. The zero-order valence-electron chi connectivity index (χ0n) is 14.4. The van der Waals surface area contributed by atoms with Gasteiger partial charge in [0.15, 0.2) is 5.67 Å². The van der Waals surface area contributed by atoms with Crippen molar-refractivity contribution < 1.29 is 13.6 Å². The fourth-order valence-electron chi connectivity index (χ4n) is 3.23. The maximum atomic E-state index is 13.7. The summed E-state index contributed by atoms with van der Waals surface area (Å²) < 4.78 is 28.3. The summed E-state index contributed by atoms with van der Waals surface area (Å²) in [4.78, 5) is 26.5. The van der Waals surface area contributed by atoms with E-state index >= 15 is 0 Å². The minimum Gasteiger partial charge on any atom is -0.334 e. The first-order valence-corrected chi connectivity index (χ1v) is 10.0. The van der Waals surface area contributed by atoms with Crippen LogP contribution in [0.3, 0.4) is 0 Å². The van der Waals surface area contributed by atoms with Crippen LogP contribution in [0.25, 0.3) is 21.2 Å². The van der Waals surface area contributed by atoms with Crippen molar-refractivity contribution in [2.75, 3.05) is 19.8 Å². The number of carbonyl (C=O) groups is 1. The van der Waals surface area contributed by atoms with E-state index in [1.54, 1.807) is 24.3 Å². The van der Waals surface area contributed by atoms with E-state index in [9.17, 15) is 18.4 Å². The number of thiophene rings is 1. The number of carbonyl (C=O) groups excluding carboxylic acids is 1. The topological polar surface area (TPSA) is 42.3 Å². The molecule has 0 atom stereocenters. The Bertz CT molecular complexity index is 1140. The lowest BCUT2D eigenvalue weighted by Crippen LogP contribution is -2.62. The minimum atomic E-state index is -1.96. The molecule has 146 valence electrons. The molecule has 1 amide bonds. The van der Waals surface area contributed by atoms with Gasteiger partial charge in [0.25, 0.3) is 5.56 Å². The van der Waals surface area contributed by atoms with Gasteiger partial charge < -0.3 is 9.47 Å². The molecule has 9 heteroatoms. The van der Waals surface area contributed by atoms with Crippen LogP contribution >= 0.6 is 34.5 Å². The van der Waals surface area contributed by atoms with Crippen LogP contribution in [0.15, 0.2) is 40.6 Å². The van der Waals surface area contributed by atoms with Crippen LogP contribution in [0.4, 0.5) is 8.78 Å². The lowest BCUT2D eigenvalue weighted by Gasteiger charge is -2.42. The van der Waals surface area contributed by atoms with E-state index in [1.807, 2.05) is 5.38 Å². The Morgan fingerprint density at radius 1 is 1.21 bits per heavy atom. The van der Waals surface area contributed by atoms with Gasteiger partial charge >= 0.3 is 0 Å². The van der Waals surface area contributed by atoms with Gasteiger partial charge in [-0.05, 0) is 23.8 Å². The van der Waals surface area contributed by atoms with E-state index in [0.29, 0.717) is 21.0 Å². The average molecular weight is 443 g/mol. The summed E-state index contributed by atoms with van der Waals surface area (Å²) >= 11 is 13.5. The Labute approximate surface area is 172 Å². The summed E-state index contributed by atoms with van der Waals surface area (Å²) in [5, 5.41) is 3.13. The van der Waals surface area contributed by atoms with E-state index in [1.165, 1.54) is 27.0 Å². The predicted molar refractivity (Wildman–Crippen MR) is 108 cm³/mol. The highest BCUT2D eigenvalue weighted by Gasteiger charge is 2.45. The van der Waals surface area contributed by atoms with Gasteiger partial charge in [-0.2, -0.15) is 0 Å². The molecule has 4 nitrogen and oxygen atoms in total. The molecule has 1 saturated heterocycles. The van der Waals surface area contributed by atoms with Crippen LogP contribution in [0, 0.1) is 0 Å². The summed E-state index contributed by atoms with van der Waals surface area (Å²) in [5.74, 6) is -0.422. The molecule has 3 heterocycles. The Balaban J connectivity index is 1.66. The largest absolute Gasteiger partial charge is 0.334 e. The van der Waals surface area contributed by atoms with Crippen molar-refractivity contribution in [2.45, 2.75) is 12.2 Å². The number of hydrogen-bond acceptors (Lipinski definition) is 3. The van der Waals surface area contributed by atoms with Gasteiger partial charge in [-0.25, -0.2) is 8.78 Å². The lowest BCUT2D eigenvalue weighted by atomic mass is 9.98. The summed E-state index contributed by atoms with van der Waals surface area (Å²) in [6.07, 6.45) is 1.54. The van der Waals surface area contributed by atoms with Crippen LogP contribution < -0.4 is 5.56 Å². The molecule has 1 aliphatic rings. The maximum absolute atomic E-state index is 13.7. The molecule has 2 aromatic heterocycles. The molecular formula is C19H14Cl2F2N2O2S. The van der Waals surface area contributed by atoms with E-state index in [4.69, 9.17) is 23.2 Å². The van der Waals surface area contributed by atoms with E-state index in [2.05, 4.69) is 0 Å². The molecule has 4 rings (SSSR count). The minimum absolute atomic E-state index is 0.228. The molecule has 1 aliphatic heterocycles. The van der Waals surface area contributed by atoms with Crippen LogP contribution in [0.5, 0.6) is 0 Å². The highest BCUT2D eigenvalue weighted by atomic mass is 35.5. The second-order valence-electron chi connectivity index (χ2n) is 6.80. The fraction of sp³-hybridized carbons (Fsp3) is 0.263. The first-order chi connectivity index (χ1) is 13.3.